The van der Waals surface area contributed by atoms with E-state index in [2.05, 4.69) is 4.90 Å². The molecule has 0 aliphatic heterocycles. The highest BCUT2D eigenvalue weighted by atomic mass is 16.3. The number of aliphatic hydroxyl groups is 1. The second kappa shape index (κ2) is 5.99. The van der Waals surface area contributed by atoms with E-state index in [0.29, 0.717) is 13.1 Å². The van der Waals surface area contributed by atoms with E-state index in [4.69, 9.17) is 5.73 Å². The molecule has 1 aromatic carbocycles. The second-order valence-corrected chi connectivity index (χ2v) is 4.52. The summed E-state index contributed by atoms with van der Waals surface area (Å²) < 4.78 is 0. The lowest BCUT2D eigenvalue weighted by molar-refractivity contribution is 0.0233. The number of rotatable bonds is 6. The minimum absolute atomic E-state index is 0.622. The number of hydrogen-bond acceptors (Lipinski definition) is 3. The van der Waals surface area contributed by atoms with E-state index in [1.54, 1.807) is 0 Å². The smallest absolute Gasteiger partial charge is 0.0994 e. The van der Waals surface area contributed by atoms with Crippen LogP contribution in [0.5, 0.6) is 0 Å². The molecule has 3 nitrogen and oxygen atoms in total. The van der Waals surface area contributed by atoms with E-state index < -0.39 is 5.60 Å². The van der Waals surface area contributed by atoms with Gasteiger partial charge in [0.05, 0.1) is 5.60 Å². The zero-order chi connectivity index (χ0) is 12.0. The number of likely N-dealkylation sites (N-methyl/N-ethyl adjacent to an activating group) is 1. The average Bonchev–Trinajstić information content (AvgIpc) is 2.27. The number of nitrogens with two attached hydrogens (primary N) is 1. The van der Waals surface area contributed by atoms with Gasteiger partial charge >= 0.3 is 0 Å². The van der Waals surface area contributed by atoms with Crippen molar-refractivity contribution >= 4 is 0 Å². The molecule has 1 aromatic rings. The van der Waals surface area contributed by atoms with Crippen LogP contribution in [0.25, 0.3) is 0 Å². The maximum absolute atomic E-state index is 10.4. The molecule has 0 aromatic heterocycles. The summed E-state index contributed by atoms with van der Waals surface area (Å²) in [7, 11) is 2.01. The zero-order valence-corrected chi connectivity index (χ0v) is 10.2. The largest absolute Gasteiger partial charge is 0.384 e. The number of hydrogen-bond donors (Lipinski definition) is 2. The number of benzene rings is 1. The molecule has 0 saturated heterocycles. The van der Waals surface area contributed by atoms with Gasteiger partial charge in [0.25, 0.3) is 0 Å². The van der Waals surface area contributed by atoms with Gasteiger partial charge in [-0.05, 0) is 39.0 Å². The van der Waals surface area contributed by atoms with Crippen molar-refractivity contribution in [1.29, 1.82) is 0 Å². The highest BCUT2D eigenvalue weighted by Gasteiger charge is 2.24. The van der Waals surface area contributed by atoms with Crippen LogP contribution in [0.2, 0.25) is 0 Å². The fourth-order valence-corrected chi connectivity index (χ4v) is 1.85. The third-order valence-corrected chi connectivity index (χ3v) is 2.72. The van der Waals surface area contributed by atoms with Gasteiger partial charge in [0.1, 0.15) is 0 Å². The van der Waals surface area contributed by atoms with Gasteiger partial charge < -0.3 is 15.7 Å². The van der Waals surface area contributed by atoms with E-state index in [1.807, 2.05) is 44.3 Å². The summed E-state index contributed by atoms with van der Waals surface area (Å²) in [5, 5.41) is 10.4. The summed E-state index contributed by atoms with van der Waals surface area (Å²) >= 11 is 0. The first-order valence-corrected chi connectivity index (χ1v) is 5.73. The molecule has 0 heterocycles. The minimum atomic E-state index is -0.801. The van der Waals surface area contributed by atoms with Crippen molar-refractivity contribution in [2.75, 3.05) is 26.7 Å². The fraction of sp³-hybridized carbons (Fsp3) is 0.538. The molecule has 0 aliphatic carbocycles. The minimum Gasteiger partial charge on any atom is -0.384 e. The van der Waals surface area contributed by atoms with Crippen LogP contribution in [0.1, 0.15) is 18.9 Å². The summed E-state index contributed by atoms with van der Waals surface area (Å²) in [4.78, 5) is 2.11. The van der Waals surface area contributed by atoms with E-state index in [-0.39, 0.29) is 0 Å². The normalized spacial score (nSPS) is 15.1. The standard InChI is InChI=1S/C13H22N2O/c1-13(16,11-15(2)10-6-9-14)12-7-4-3-5-8-12/h3-5,7-8,16H,6,9-11,14H2,1-2H3. The predicted octanol–water partition coefficient (Wildman–Crippen LogP) is 1.17. The Labute approximate surface area is 97.9 Å². The molecular weight excluding hydrogens is 200 g/mol. The first-order chi connectivity index (χ1) is 7.56. The Bertz CT molecular complexity index is 298. The maximum Gasteiger partial charge on any atom is 0.0994 e. The van der Waals surface area contributed by atoms with Crippen molar-refractivity contribution < 1.29 is 5.11 Å². The van der Waals surface area contributed by atoms with Crippen molar-refractivity contribution in [2.45, 2.75) is 18.9 Å². The zero-order valence-electron chi connectivity index (χ0n) is 10.2. The molecule has 3 heteroatoms. The maximum atomic E-state index is 10.4. The van der Waals surface area contributed by atoms with Crippen molar-refractivity contribution in [1.82, 2.24) is 4.90 Å². The molecule has 0 spiro atoms. The highest BCUT2D eigenvalue weighted by Crippen LogP contribution is 2.20. The van der Waals surface area contributed by atoms with Crippen LogP contribution in [0.4, 0.5) is 0 Å². The Morgan fingerprint density at radius 3 is 2.50 bits per heavy atom. The van der Waals surface area contributed by atoms with Crippen LogP contribution in [0.3, 0.4) is 0 Å². The van der Waals surface area contributed by atoms with Gasteiger partial charge in [-0.15, -0.1) is 0 Å². The summed E-state index contributed by atoms with van der Waals surface area (Å²) in [5.41, 5.74) is 5.61. The van der Waals surface area contributed by atoms with Crippen LogP contribution in [0, 0.1) is 0 Å². The van der Waals surface area contributed by atoms with Crippen molar-refractivity contribution in [3.05, 3.63) is 35.9 Å². The molecule has 90 valence electrons. The van der Waals surface area contributed by atoms with Gasteiger partial charge in [-0.1, -0.05) is 30.3 Å². The van der Waals surface area contributed by atoms with Crippen molar-refractivity contribution in [3.8, 4) is 0 Å². The summed E-state index contributed by atoms with van der Waals surface area (Å²) in [5.74, 6) is 0. The molecule has 0 amide bonds. The van der Waals surface area contributed by atoms with Gasteiger partial charge in [0.15, 0.2) is 0 Å². The molecule has 0 aliphatic rings. The Morgan fingerprint density at radius 2 is 1.94 bits per heavy atom. The van der Waals surface area contributed by atoms with E-state index >= 15 is 0 Å². The number of nitrogens with zero attached hydrogens (tertiary/aromatic N) is 1. The lowest BCUT2D eigenvalue weighted by atomic mass is 9.95. The Morgan fingerprint density at radius 1 is 1.31 bits per heavy atom. The molecular formula is C13H22N2O. The molecule has 1 unspecified atom stereocenters. The van der Waals surface area contributed by atoms with Crippen LogP contribution in [0.15, 0.2) is 30.3 Å². The Hall–Kier alpha value is -0.900. The topological polar surface area (TPSA) is 49.5 Å². The van der Waals surface area contributed by atoms with Gasteiger partial charge in [-0.3, -0.25) is 0 Å². The Balaban J connectivity index is 2.58. The van der Waals surface area contributed by atoms with Crippen LogP contribution in [-0.2, 0) is 5.60 Å². The average molecular weight is 222 g/mol. The van der Waals surface area contributed by atoms with Crippen molar-refractivity contribution in [2.24, 2.45) is 5.73 Å². The van der Waals surface area contributed by atoms with E-state index in [1.165, 1.54) is 0 Å². The van der Waals surface area contributed by atoms with Crippen LogP contribution in [-0.4, -0.2) is 36.7 Å². The van der Waals surface area contributed by atoms with Crippen LogP contribution < -0.4 is 5.73 Å². The van der Waals surface area contributed by atoms with Crippen molar-refractivity contribution in [3.63, 3.8) is 0 Å². The molecule has 1 atom stereocenters. The monoisotopic (exact) mass is 222 g/mol. The van der Waals surface area contributed by atoms with E-state index in [0.717, 1.165) is 18.5 Å². The molecule has 0 saturated carbocycles. The Kier molecular flexibility index (Phi) is 4.93. The van der Waals surface area contributed by atoms with Gasteiger partial charge in [-0.25, -0.2) is 0 Å². The highest BCUT2D eigenvalue weighted by molar-refractivity contribution is 5.21. The third kappa shape index (κ3) is 3.93. The molecule has 3 N–H and O–H groups in total. The van der Waals surface area contributed by atoms with Gasteiger partial charge in [0.2, 0.25) is 0 Å². The first kappa shape index (κ1) is 13.2. The fourth-order valence-electron chi connectivity index (χ4n) is 1.85. The molecule has 16 heavy (non-hydrogen) atoms. The second-order valence-electron chi connectivity index (χ2n) is 4.52. The lowest BCUT2D eigenvalue weighted by Gasteiger charge is -2.29. The third-order valence-electron chi connectivity index (χ3n) is 2.72. The lowest BCUT2D eigenvalue weighted by Crippen LogP contribution is -2.37. The molecule has 0 radical (unpaired) electrons. The molecule has 1 rings (SSSR count). The molecule has 0 fully saturated rings. The first-order valence-electron chi connectivity index (χ1n) is 5.73. The molecule has 0 bridgehead atoms. The van der Waals surface area contributed by atoms with Gasteiger partial charge in [-0.2, -0.15) is 0 Å². The van der Waals surface area contributed by atoms with Crippen LogP contribution >= 0.6 is 0 Å². The SMILES string of the molecule is CN(CCCN)CC(C)(O)c1ccccc1. The van der Waals surface area contributed by atoms with Gasteiger partial charge in [0, 0.05) is 6.54 Å². The van der Waals surface area contributed by atoms with E-state index in [9.17, 15) is 5.11 Å². The quantitative estimate of drug-likeness (QED) is 0.760. The summed E-state index contributed by atoms with van der Waals surface area (Å²) in [6.07, 6.45) is 0.960. The summed E-state index contributed by atoms with van der Waals surface area (Å²) in [6.45, 7) is 4.08. The summed E-state index contributed by atoms with van der Waals surface area (Å²) in [6, 6.07) is 9.76. The predicted molar refractivity (Wildman–Crippen MR) is 67.2 cm³/mol.